The van der Waals surface area contributed by atoms with E-state index in [0.717, 1.165) is 37.3 Å². The maximum Gasteiger partial charge on any atom is 0.331 e. The number of piperidine rings is 1. The standard InChI is InChI=1S/C16H24N2O3/c1-12-17-14(7-10-20-12)18-8-5-13(6-9-18)11-15(19)21-16(2,3)4/h7,11H,5-6,8-10H2,1-4H3. The first-order chi connectivity index (χ1) is 9.83. The van der Waals surface area contributed by atoms with E-state index in [9.17, 15) is 4.79 Å². The normalized spacial score (nSPS) is 19.4. The molecule has 2 aliphatic heterocycles. The lowest BCUT2D eigenvalue weighted by Crippen LogP contribution is -2.31. The molecule has 5 nitrogen and oxygen atoms in total. The smallest absolute Gasteiger partial charge is 0.331 e. The molecule has 0 aromatic rings. The molecule has 0 spiro atoms. The van der Waals surface area contributed by atoms with Crippen LogP contribution in [0.4, 0.5) is 0 Å². The second kappa shape index (κ2) is 6.33. The van der Waals surface area contributed by atoms with E-state index in [0.29, 0.717) is 12.5 Å². The van der Waals surface area contributed by atoms with Crippen molar-refractivity contribution in [2.75, 3.05) is 19.7 Å². The molecule has 21 heavy (non-hydrogen) atoms. The summed E-state index contributed by atoms with van der Waals surface area (Å²) < 4.78 is 10.6. The molecule has 0 unspecified atom stereocenters. The molecule has 0 saturated carbocycles. The molecule has 0 radical (unpaired) electrons. The van der Waals surface area contributed by atoms with Crippen molar-refractivity contribution in [3.05, 3.63) is 23.5 Å². The highest BCUT2D eigenvalue weighted by Gasteiger charge is 2.20. The molecule has 0 atom stereocenters. The van der Waals surface area contributed by atoms with E-state index in [1.807, 2.05) is 33.8 Å². The van der Waals surface area contributed by atoms with E-state index in [1.165, 1.54) is 0 Å². The second-order valence-electron chi connectivity index (χ2n) is 6.33. The number of esters is 1. The van der Waals surface area contributed by atoms with Crippen LogP contribution in [0.3, 0.4) is 0 Å². The summed E-state index contributed by atoms with van der Waals surface area (Å²) in [6.07, 6.45) is 5.38. The van der Waals surface area contributed by atoms with Gasteiger partial charge in [0.2, 0.25) is 0 Å². The van der Waals surface area contributed by atoms with Gasteiger partial charge in [0, 0.05) is 26.1 Å². The summed E-state index contributed by atoms with van der Waals surface area (Å²) in [5.41, 5.74) is 0.711. The lowest BCUT2D eigenvalue weighted by molar-refractivity contribution is -0.148. The zero-order valence-corrected chi connectivity index (χ0v) is 13.3. The molecular formula is C16H24N2O3. The quantitative estimate of drug-likeness (QED) is 0.580. The average Bonchev–Trinajstić information content (AvgIpc) is 2.37. The largest absolute Gasteiger partial charge is 0.477 e. The van der Waals surface area contributed by atoms with E-state index in [-0.39, 0.29) is 5.97 Å². The van der Waals surface area contributed by atoms with Crippen molar-refractivity contribution >= 4 is 11.9 Å². The van der Waals surface area contributed by atoms with Crippen molar-refractivity contribution < 1.29 is 14.3 Å². The molecule has 0 amide bonds. The molecule has 2 rings (SSSR count). The summed E-state index contributed by atoms with van der Waals surface area (Å²) in [5, 5.41) is 0. The Morgan fingerprint density at radius 2 is 2.05 bits per heavy atom. The molecule has 2 heterocycles. The van der Waals surface area contributed by atoms with Crippen molar-refractivity contribution in [3.8, 4) is 0 Å². The van der Waals surface area contributed by atoms with Gasteiger partial charge < -0.3 is 14.4 Å². The zero-order chi connectivity index (χ0) is 15.5. The molecule has 0 N–H and O–H groups in total. The minimum Gasteiger partial charge on any atom is -0.477 e. The highest BCUT2D eigenvalue weighted by atomic mass is 16.6. The van der Waals surface area contributed by atoms with Gasteiger partial charge in [0.05, 0.1) is 0 Å². The van der Waals surface area contributed by atoms with Crippen LogP contribution in [0.1, 0.15) is 40.5 Å². The van der Waals surface area contributed by atoms with Gasteiger partial charge >= 0.3 is 5.97 Å². The van der Waals surface area contributed by atoms with Crippen LogP contribution in [0.25, 0.3) is 0 Å². The van der Waals surface area contributed by atoms with Gasteiger partial charge in [-0.2, -0.15) is 0 Å². The summed E-state index contributed by atoms with van der Waals surface area (Å²) in [6.45, 7) is 9.83. The number of aliphatic imine (C=N–C) groups is 1. The molecule has 0 bridgehead atoms. The van der Waals surface area contributed by atoms with Crippen LogP contribution >= 0.6 is 0 Å². The molecule has 1 fully saturated rings. The average molecular weight is 292 g/mol. The van der Waals surface area contributed by atoms with Crippen LogP contribution in [0, 0.1) is 0 Å². The second-order valence-corrected chi connectivity index (χ2v) is 6.33. The number of carbonyl (C=O) groups excluding carboxylic acids is 1. The van der Waals surface area contributed by atoms with Crippen molar-refractivity contribution in [1.29, 1.82) is 0 Å². The Labute approximate surface area is 126 Å². The topological polar surface area (TPSA) is 51.1 Å². The summed E-state index contributed by atoms with van der Waals surface area (Å²) in [5.74, 6) is 1.45. The highest BCUT2D eigenvalue weighted by molar-refractivity contribution is 5.83. The number of likely N-dealkylation sites (tertiary alicyclic amines) is 1. The summed E-state index contributed by atoms with van der Waals surface area (Å²) in [7, 11) is 0. The van der Waals surface area contributed by atoms with E-state index in [2.05, 4.69) is 9.89 Å². The Bertz CT molecular complexity index is 488. The summed E-state index contributed by atoms with van der Waals surface area (Å²) in [6, 6.07) is 0. The first kappa shape index (κ1) is 15.6. The third-order valence-electron chi connectivity index (χ3n) is 3.29. The SMILES string of the molecule is CC1=NC(N2CCC(=CC(=O)OC(C)(C)C)CC2)=CCO1. The van der Waals surface area contributed by atoms with Crippen LogP contribution in [0.15, 0.2) is 28.5 Å². The van der Waals surface area contributed by atoms with E-state index >= 15 is 0 Å². The Kier molecular flexibility index (Phi) is 4.70. The van der Waals surface area contributed by atoms with Crippen molar-refractivity contribution in [3.63, 3.8) is 0 Å². The molecule has 0 aromatic carbocycles. The highest BCUT2D eigenvalue weighted by Crippen LogP contribution is 2.22. The van der Waals surface area contributed by atoms with Crippen LogP contribution in [0.2, 0.25) is 0 Å². The number of rotatable bonds is 2. The minimum absolute atomic E-state index is 0.245. The van der Waals surface area contributed by atoms with Crippen LogP contribution in [-0.4, -0.2) is 42.1 Å². The molecular weight excluding hydrogens is 268 g/mol. The van der Waals surface area contributed by atoms with Gasteiger partial charge in [-0.15, -0.1) is 0 Å². The predicted octanol–water partition coefficient (Wildman–Crippen LogP) is 2.64. The van der Waals surface area contributed by atoms with Crippen LogP contribution < -0.4 is 0 Å². The Morgan fingerprint density at radius 1 is 1.38 bits per heavy atom. The van der Waals surface area contributed by atoms with Gasteiger partial charge in [-0.3, -0.25) is 0 Å². The van der Waals surface area contributed by atoms with Crippen LogP contribution in [0.5, 0.6) is 0 Å². The Hall–Kier alpha value is -1.78. The fraction of sp³-hybridized carbons (Fsp3) is 0.625. The minimum atomic E-state index is -0.437. The Morgan fingerprint density at radius 3 is 2.62 bits per heavy atom. The van der Waals surface area contributed by atoms with Gasteiger partial charge in [-0.25, -0.2) is 9.79 Å². The van der Waals surface area contributed by atoms with Gasteiger partial charge in [0.1, 0.15) is 18.0 Å². The Balaban J connectivity index is 1.89. The first-order valence-electron chi connectivity index (χ1n) is 7.39. The third-order valence-corrected chi connectivity index (χ3v) is 3.29. The third kappa shape index (κ3) is 4.92. The fourth-order valence-electron chi connectivity index (χ4n) is 2.34. The summed E-state index contributed by atoms with van der Waals surface area (Å²) >= 11 is 0. The maximum absolute atomic E-state index is 11.8. The predicted molar refractivity (Wildman–Crippen MR) is 81.9 cm³/mol. The van der Waals surface area contributed by atoms with E-state index < -0.39 is 5.60 Å². The molecule has 0 aromatic heterocycles. The summed E-state index contributed by atoms with van der Waals surface area (Å²) in [4.78, 5) is 18.4. The number of hydrogen-bond donors (Lipinski definition) is 0. The molecule has 2 aliphatic rings. The number of hydrogen-bond acceptors (Lipinski definition) is 5. The maximum atomic E-state index is 11.8. The van der Waals surface area contributed by atoms with Gasteiger partial charge in [0.25, 0.3) is 0 Å². The monoisotopic (exact) mass is 292 g/mol. The first-order valence-corrected chi connectivity index (χ1v) is 7.39. The molecule has 0 aliphatic carbocycles. The number of ether oxygens (including phenoxy) is 2. The fourth-order valence-corrected chi connectivity index (χ4v) is 2.34. The number of carbonyl (C=O) groups is 1. The van der Waals surface area contributed by atoms with Gasteiger partial charge in [0.15, 0.2) is 5.90 Å². The van der Waals surface area contributed by atoms with Crippen LogP contribution in [-0.2, 0) is 14.3 Å². The molecule has 5 heteroatoms. The van der Waals surface area contributed by atoms with Crippen molar-refractivity contribution in [1.82, 2.24) is 4.90 Å². The lowest BCUT2D eigenvalue weighted by atomic mass is 10.0. The van der Waals surface area contributed by atoms with Crippen molar-refractivity contribution in [2.24, 2.45) is 4.99 Å². The molecule has 116 valence electrons. The number of nitrogens with zero attached hydrogens (tertiary/aromatic N) is 2. The lowest BCUT2D eigenvalue weighted by Gasteiger charge is -2.31. The van der Waals surface area contributed by atoms with E-state index in [4.69, 9.17) is 9.47 Å². The molecule has 1 saturated heterocycles. The van der Waals surface area contributed by atoms with E-state index in [1.54, 1.807) is 6.08 Å². The zero-order valence-electron chi connectivity index (χ0n) is 13.3. The van der Waals surface area contributed by atoms with Crippen molar-refractivity contribution in [2.45, 2.75) is 46.1 Å². The van der Waals surface area contributed by atoms with Gasteiger partial charge in [-0.1, -0.05) is 5.57 Å². The van der Waals surface area contributed by atoms with Gasteiger partial charge in [-0.05, 0) is 39.7 Å².